The van der Waals surface area contributed by atoms with E-state index in [0.29, 0.717) is 6.07 Å². The summed E-state index contributed by atoms with van der Waals surface area (Å²) in [5.74, 6) is 0. The lowest BCUT2D eigenvalue weighted by Crippen LogP contribution is -2.22. The van der Waals surface area contributed by atoms with Crippen LogP contribution in [0.15, 0.2) is 10.9 Å². The van der Waals surface area contributed by atoms with E-state index >= 15 is 0 Å². The Hall–Kier alpha value is -1.33. The maximum absolute atomic E-state index is 12.0. The third-order valence-corrected chi connectivity index (χ3v) is 1.24. The highest BCUT2D eigenvalue weighted by molar-refractivity contribution is 5.14. The number of aryl methyl sites for hydroxylation is 1. The molecular formula is C6H5F3N2O. The van der Waals surface area contributed by atoms with Gasteiger partial charge in [0.05, 0.1) is 5.69 Å². The van der Waals surface area contributed by atoms with Gasteiger partial charge in [-0.15, -0.1) is 0 Å². The highest BCUT2D eigenvalue weighted by Crippen LogP contribution is 2.25. The van der Waals surface area contributed by atoms with Crippen LogP contribution in [-0.4, -0.2) is 10.2 Å². The molecule has 3 nitrogen and oxygen atoms in total. The summed E-state index contributed by atoms with van der Waals surface area (Å²) in [6.07, 6.45) is -4.61. The summed E-state index contributed by atoms with van der Waals surface area (Å²) in [4.78, 5) is 10.6. The van der Waals surface area contributed by atoms with Crippen LogP contribution in [0.25, 0.3) is 0 Å². The fourth-order valence-corrected chi connectivity index (χ4v) is 0.716. The quantitative estimate of drug-likeness (QED) is 0.646. The molecule has 1 heterocycles. The Morgan fingerprint density at radius 3 is 2.50 bits per heavy atom. The van der Waals surface area contributed by atoms with Gasteiger partial charge in [-0.1, -0.05) is 0 Å². The summed E-state index contributed by atoms with van der Waals surface area (Å²) in [5, 5.41) is 5.06. The minimum atomic E-state index is -4.61. The van der Waals surface area contributed by atoms with E-state index in [-0.39, 0.29) is 5.69 Å². The monoisotopic (exact) mass is 178 g/mol. The van der Waals surface area contributed by atoms with Gasteiger partial charge in [0.15, 0.2) is 0 Å². The second-order valence-electron chi connectivity index (χ2n) is 2.25. The van der Waals surface area contributed by atoms with Crippen LogP contribution >= 0.6 is 0 Å². The highest BCUT2D eigenvalue weighted by atomic mass is 19.4. The van der Waals surface area contributed by atoms with Gasteiger partial charge in [0.1, 0.15) is 5.56 Å². The summed E-state index contributed by atoms with van der Waals surface area (Å²) >= 11 is 0. The van der Waals surface area contributed by atoms with E-state index in [0.717, 1.165) is 0 Å². The van der Waals surface area contributed by atoms with Gasteiger partial charge in [0, 0.05) is 0 Å². The molecule has 1 N–H and O–H groups in total. The molecule has 0 aromatic carbocycles. The molecule has 0 radical (unpaired) electrons. The van der Waals surface area contributed by atoms with Crippen molar-refractivity contribution in [3.8, 4) is 0 Å². The van der Waals surface area contributed by atoms with Crippen molar-refractivity contribution in [1.29, 1.82) is 0 Å². The molecule has 1 aromatic rings. The number of alkyl halides is 3. The molecule has 0 aliphatic carbocycles. The number of nitrogens with zero attached hydrogens (tertiary/aromatic N) is 1. The number of hydrogen-bond acceptors (Lipinski definition) is 2. The fraction of sp³-hybridized carbons (Fsp3) is 0.333. The Kier molecular flexibility index (Phi) is 1.91. The first-order chi connectivity index (χ1) is 5.41. The van der Waals surface area contributed by atoms with Crippen molar-refractivity contribution in [2.45, 2.75) is 13.1 Å². The van der Waals surface area contributed by atoms with Gasteiger partial charge in [-0.05, 0) is 13.0 Å². The van der Waals surface area contributed by atoms with E-state index in [1.54, 1.807) is 5.10 Å². The van der Waals surface area contributed by atoms with Crippen LogP contribution in [0.3, 0.4) is 0 Å². The molecular weight excluding hydrogens is 173 g/mol. The molecule has 66 valence electrons. The number of aromatic nitrogens is 2. The van der Waals surface area contributed by atoms with Gasteiger partial charge in [0.2, 0.25) is 0 Å². The van der Waals surface area contributed by atoms with E-state index in [1.165, 1.54) is 6.92 Å². The summed E-state index contributed by atoms with van der Waals surface area (Å²) in [6, 6.07) is 0.707. The minimum absolute atomic E-state index is 0.127. The number of aromatic amines is 1. The van der Waals surface area contributed by atoms with Gasteiger partial charge < -0.3 is 0 Å². The first-order valence-electron chi connectivity index (χ1n) is 3.05. The normalized spacial score (nSPS) is 11.7. The maximum Gasteiger partial charge on any atom is 0.421 e. The van der Waals surface area contributed by atoms with Crippen LogP contribution in [0.2, 0.25) is 0 Å². The number of H-pyrrole nitrogens is 1. The number of hydrogen-bond donors (Lipinski definition) is 1. The summed E-state index contributed by atoms with van der Waals surface area (Å²) < 4.78 is 35.9. The molecule has 0 aliphatic rings. The average Bonchev–Trinajstić information content (AvgIpc) is 1.92. The van der Waals surface area contributed by atoms with Gasteiger partial charge in [-0.3, -0.25) is 4.79 Å². The van der Waals surface area contributed by atoms with Gasteiger partial charge in [0.25, 0.3) is 5.56 Å². The summed E-state index contributed by atoms with van der Waals surface area (Å²) in [6.45, 7) is 1.37. The Balaban J connectivity index is 3.33. The smallest absolute Gasteiger partial charge is 0.267 e. The van der Waals surface area contributed by atoms with E-state index in [1.807, 2.05) is 0 Å². The van der Waals surface area contributed by atoms with Crippen molar-refractivity contribution in [3.63, 3.8) is 0 Å². The Labute approximate surface area is 65.2 Å². The average molecular weight is 178 g/mol. The number of nitrogens with one attached hydrogen (secondary N) is 1. The molecule has 12 heavy (non-hydrogen) atoms. The van der Waals surface area contributed by atoms with Crippen LogP contribution in [0.4, 0.5) is 13.2 Å². The van der Waals surface area contributed by atoms with Crippen molar-refractivity contribution in [2.24, 2.45) is 0 Å². The Bertz CT molecular complexity index is 341. The zero-order chi connectivity index (χ0) is 9.35. The van der Waals surface area contributed by atoms with Crippen LogP contribution in [0.1, 0.15) is 11.3 Å². The predicted molar refractivity (Wildman–Crippen MR) is 34.6 cm³/mol. The van der Waals surface area contributed by atoms with E-state index < -0.39 is 17.3 Å². The highest BCUT2D eigenvalue weighted by Gasteiger charge is 2.34. The molecule has 0 amide bonds. The largest absolute Gasteiger partial charge is 0.421 e. The molecule has 0 saturated heterocycles. The Morgan fingerprint density at radius 2 is 2.08 bits per heavy atom. The predicted octanol–water partition coefficient (Wildman–Crippen LogP) is 1.10. The molecule has 6 heteroatoms. The molecule has 0 atom stereocenters. The van der Waals surface area contributed by atoms with Crippen molar-refractivity contribution in [1.82, 2.24) is 10.2 Å². The van der Waals surface area contributed by atoms with E-state index in [9.17, 15) is 18.0 Å². The summed E-state index contributed by atoms with van der Waals surface area (Å²) in [5.41, 5.74) is -2.30. The molecule has 0 aliphatic heterocycles. The molecule has 0 bridgehead atoms. The fourth-order valence-electron chi connectivity index (χ4n) is 0.716. The molecule has 1 rings (SSSR count). The first kappa shape index (κ1) is 8.76. The second kappa shape index (κ2) is 2.62. The van der Waals surface area contributed by atoms with Crippen molar-refractivity contribution in [2.75, 3.05) is 0 Å². The standard InChI is InChI=1S/C6H5F3N2O/c1-3-2-4(6(7,8)9)5(12)11-10-3/h2H,1H3,(H,11,12). The van der Waals surface area contributed by atoms with Gasteiger partial charge in [-0.2, -0.15) is 18.3 Å². The SMILES string of the molecule is Cc1cc(C(F)(F)F)c(=O)[nH]n1. The lowest BCUT2D eigenvalue weighted by Gasteiger charge is -2.04. The molecule has 0 unspecified atom stereocenters. The first-order valence-corrected chi connectivity index (χ1v) is 3.05. The molecule has 1 aromatic heterocycles. The van der Waals surface area contributed by atoms with Crippen LogP contribution < -0.4 is 5.56 Å². The topological polar surface area (TPSA) is 45.8 Å². The third kappa shape index (κ3) is 1.63. The maximum atomic E-state index is 12.0. The van der Waals surface area contributed by atoms with Crippen LogP contribution in [0, 0.1) is 6.92 Å². The zero-order valence-corrected chi connectivity index (χ0v) is 6.07. The van der Waals surface area contributed by atoms with Crippen molar-refractivity contribution >= 4 is 0 Å². The molecule has 0 spiro atoms. The summed E-state index contributed by atoms with van der Waals surface area (Å²) in [7, 11) is 0. The number of halogens is 3. The van der Waals surface area contributed by atoms with Gasteiger partial charge >= 0.3 is 6.18 Å². The molecule has 0 saturated carbocycles. The molecule has 0 fully saturated rings. The second-order valence-corrected chi connectivity index (χ2v) is 2.25. The number of rotatable bonds is 0. The minimum Gasteiger partial charge on any atom is -0.267 e. The van der Waals surface area contributed by atoms with Crippen molar-refractivity contribution < 1.29 is 13.2 Å². The Morgan fingerprint density at radius 1 is 1.50 bits per heavy atom. The van der Waals surface area contributed by atoms with Gasteiger partial charge in [-0.25, -0.2) is 5.10 Å². The van der Waals surface area contributed by atoms with Crippen LogP contribution in [-0.2, 0) is 6.18 Å². The lowest BCUT2D eigenvalue weighted by atomic mass is 10.2. The lowest BCUT2D eigenvalue weighted by molar-refractivity contribution is -0.138. The van der Waals surface area contributed by atoms with Crippen LogP contribution in [0.5, 0.6) is 0 Å². The van der Waals surface area contributed by atoms with Crippen molar-refractivity contribution in [3.05, 3.63) is 27.7 Å². The van der Waals surface area contributed by atoms with E-state index in [4.69, 9.17) is 0 Å². The third-order valence-electron chi connectivity index (χ3n) is 1.24. The zero-order valence-electron chi connectivity index (χ0n) is 6.07. The van der Waals surface area contributed by atoms with E-state index in [2.05, 4.69) is 5.10 Å².